The number of nitrogens with two attached hydrogens (primary N) is 1. The highest BCUT2D eigenvalue weighted by atomic mass is 32.2. The van der Waals surface area contributed by atoms with Crippen molar-refractivity contribution in [2.24, 2.45) is 0 Å². The number of thioether (sulfide) groups is 1. The van der Waals surface area contributed by atoms with E-state index in [-0.39, 0.29) is 0 Å². The first kappa shape index (κ1) is 8.62. The van der Waals surface area contributed by atoms with Gasteiger partial charge in [-0.05, 0) is 0 Å². The predicted octanol–water partition coefficient (Wildman–Crippen LogP) is 0.612. The Morgan fingerprint density at radius 3 is 2.62 bits per heavy atom. The van der Waals surface area contributed by atoms with Crippen molar-refractivity contribution in [3.05, 3.63) is 12.4 Å². The van der Waals surface area contributed by atoms with Crippen LogP contribution in [0.15, 0.2) is 12.4 Å². The van der Waals surface area contributed by atoms with Gasteiger partial charge in [0.15, 0.2) is 11.6 Å². The van der Waals surface area contributed by atoms with Crippen molar-refractivity contribution in [1.29, 1.82) is 0 Å². The molecule has 4 nitrogen and oxygen atoms in total. The van der Waals surface area contributed by atoms with Gasteiger partial charge < -0.3 is 10.6 Å². The molecule has 1 saturated heterocycles. The highest BCUT2D eigenvalue weighted by Crippen LogP contribution is 2.20. The zero-order valence-corrected chi connectivity index (χ0v) is 8.13. The number of aromatic nitrogens is 2. The van der Waals surface area contributed by atoms with Crippen molar-refractivity contribution in [1.82, 2.24) is 9.97 Å². The predicted molar refractivity (Wildman–Crippen MR) is 56.0 cm³/mol. The Morgan fingerprint density at radius 1 is 1.23 bits per heavy atom. The fourth-order valence-electron chi connectivity index (χ4n) is 1.36. The molecule has 0 aromatic carbocycles. The third-order valence-corrected chi connectivity index (χ3v) is 2.96. The molecule has 0 radical (unpaired) electrons. The van der Waals surface area contributed by atoms with Crippen LogP contribution >= 0.6 is 11.8 Å². The standard InChI is InChI=1S/C8H12N4S/c9-7-8(11-2-1-10-7)12-3-5-13-6-4-12/h1-2H,3-6H2,(H2,9,10). The van der Waals surface area contributed by atoms with E-state index in [1.54, 1.807) is 12.4 Å². The molecule has 0 bridgehead atoms. The van der Waals surface area contributed by atoms with Crippen molar-refractivity contribution in [2.45, 2.75) is 0 Å². The summed E-state index contributed by atoms with van der Waals surface area (Å²) < 4.78 is 0. The Balaban J connectivity index is 2.18. The Hall–Kier alpha value is -0.970. The van der Waals surface area contributed by atoms with E-state index >= 15 is 0 Å². The summed E-state index contributed by atoms with van der Waals surface area (Å²) in [6.45, 7) is 2.04. The summed E-state index contributed by atoms with van der Waals surface area (Å²) in [7, 11) is 0. The molecule has 13 heavy (non-hydrogen) atoms. The van der Waals surface area contributed by atoms with E-state index in [1.165, 1.54) is 0 Å². The summed E-state index contributed by atoms with van der Waals surface area (Å²) in [5, 5.41) is 0. The summed E-state index contributed by atoms with van der Waals surface area (Å²) in [6.07, 6.45) is 3.31. The topological polar surface area (TPSA) is 55.0 Å². The van der Waals surface area contributed by atoms with Crippen LogP contribution in [-0.4, -0.2) is 34.6 Å². The van der Waals surface area contributed by atoms with Gasteiger partial charge in [0.1, 0.15) is 0 Å². The maximum atomic E-state index is 5.73. The van der Waals surface area contributed by atoms with Crippen LogP contribution in [-0.2, 0) is 0 Å². The van der Waals surface area contributed by atoms with Crippen LogP contribution in [0.3, 0.4) is 0 Å². The fourth-order valence-corrected chi connectivity index (χ4v) is 2.26. The average molecular weight is 196 g/mol. The fraction of sp³-hybridized carbons (Fsp3) is 0.500. The Labute approximate surface area is 81.5 Å². The molecule has 2 N–H and O–H groups in total. The van der Waals surface area contributed by atoms with Gasteiger partial charge in [-0.1, -0.05) is 0 Å². The first-order valence-corrected chi connectivity index (χ1v) is 5.42. The van der Waals surface area contributed by atoms with Crippen LogP contribution in [0.1, 0.15) is 0 Å². The number of nitrogen functional groups attached to an aromatic ring is 1. The van der Waals surface area contributed by atoms with Gasteiger partial charge in [-0.3, -0.25) is 0 Å². The maximum absolute atomic E-state index is 5.73. The second kappa shape index (κ2) is 3.83. The van der Waals surface area contributed by atoms with Gasteiger partial charge in [0, 0.05) is 37.0 Å². The van der Waals surface area contributed by atoms with Gasteiger partial charge in [-0.2, -0.15) is 11.8 Å². The molecule has 1 aliphatic rings. The largest absolute Gasteiger partial charge is 0.381 e. The summed E-state index contributed by atoms with van der Waals surface area (Å²) in [6, 6.07) is 0. The molecule has 1 aromatic heterocycles. The van der Waals surface area contributed by atoms with Gasteiger partial charge in [-0.15, -0.1) is 0 Å². The lowest BCUT2D eigenvalue weighted by Crippen LogP contribution is -2.33. The third-order valence-electron chi connectivity index (χ3n) is 2.02. The van der Waals surface area contributed by atoms with Crippen LogP contribution in [0.2, 0.25) is 0 Å². The molecule has 5 heteroatoms. The Bertz CT molecular complexity index is 285. The zero-order valence-electron chi connectivity index (χ0n) is 7.31. The number of rotatable bonds is 1. The molecule has 70 valence electrons. The van der Waals surface area contributed by atoms with Crippen molar-refractivity contribution >= 4 is 23.4 Å². The lowest BCUT2D eigenvalue weighted by atomic mass is 10.4. The van der Waals surface area contributed by atoms with Crippen LogP contribution < -0.4 is 10.6 Å². The molecule has 1 aliphatic heterocycles. The van der Waals surface area contributed by atoms with E-state index in [0.717, 1.165) is 30.4 Å². The van der Waals surface area contributed by atoms with Gasteiger partial charge in [0.25, 0.3) is 0 Å². The molecule has 0 amide bonds. The molecule has 0 saturated carbocycles. The minimum atomic E-state index is 0.536. The van der Waals surface area contributed by atoms with Gasteiger partial charge in [-0.25, -0.2) is 9.97 Å². The lowest BCUT2D eigenvalue weighted by molar-refractivity contribution is 0.836. The normalized spacial score (nSPS) is 17.4. The van der Waals surface area contributed by atoms with E-state index in [2.05, 4.69) is 14.9 Å². The van der Waals surface area contributed by atoms with Crippen LogP contribution in [0, 0.1) is 0 Å². The maximum Gasteiger partial charge on any atom is 0.171 e. The van der Waals surface area contributed by atoms with Crippen LogP contribution in [0.4, 0.5) is 11.6 Å². The van der Waals surface area contributed by atoms with Gasteiger partial charge in [0.2, 0.25) is 0 Å². The first-order valence-electron chi connectivity index (χ1n) is 4.27. The zero-order chi connectivity index (χ0) is 9.10. The monoisotopic (exact) mass is 196 g/mol. The van der Waals surface area contributed by atoms with Crippen LogP contribution in [0.25, 0.3) is 0 Å². The number of nitrogens with zero attached hydrogens (tertiary/aromatic N) is 3. The number of hydrogen-bond acceptors (Lipinski definition) is 5. The quantitative estimate of drug-likeness (QED) is 0.713. The lowest BCUT2D eigenvalue weighted by Gasteiger charge is -2.27. The highest BCUT2D eigenvalue weighted by Gasteiger charge is 2.14. The minimum absolute atomic E-state index is 0.536. The molecular formula is C8H12N4S. The molecule has 1 fully saturated rings. The highest BCUT2D eigenvalue weighted by molar-refractivity contribution is 7.99. The van der Waals surface area contributed by atoms with E-state index < -0.39 is 0 Å². The Morgan fingerprint density at radius 2 is 1.92 bits per heavy atom. The van der Waals surface area contributed by atoms with Crippen molar-refractivity contribution in [2.75, 3.05) is 35.2 Å². The van der Waals surface area contributed by atoms with Crippen LogP contribution in [0.5, 0.6) is 0 Å². The van der Waals surface area contributed by atoms with Crippen molar-refractivity contribution < 1.29 is 0 Å². The second-order valence-electron chi connectivity index (χ2n) is 2.86. The number of anilines is 2. The van der Waals surface area contributed by atoms with Crippen molar-refractivity contribution in [3.63, 3.8) is 0 Å². The molecule has 2 heterocycles. The second-order valence-corrected chi connectivity index (χ2v) is 4.09. The van der Waals surface area contributed by atoms with Crippen molar-refractivity contribution in [3.8, 4) is 0 Å². The van der Waals surface area contributed by atoms with E-state index in [0.29, 0.717) is 5.82 Å². The average Bonchev–Trinajstić information content (AvgIpc) is 2.20. The summed E-state index contributed by atoms with van der Waals surface area (Å²) in [5.41, 5.74) is 5.73. The van der Waals surface area contributed by atoms with Gasteiger partial charge in [0.05, 0.1) is 0 Å². The SMILES string of the molecule is Nc1nccnc1N1CCSCC1. The number of hydrogen-bond donors (Lipinski definition) is 1. The Kier molecular flexibility index (Phi) is 2.54. The molecule has 0 spiro atoms. The van der Waals surface area contributed by atoms with E-state index in [9.17, 15) is 0 Å². The molecule has 2 rings (SSSR count). The third kappa shape index (κ3) is 1.85. The molecule has 0 aliphatic carbocycles. The smallest absolute Gasteiger partial charge is 0.171 e. The summed E-state index contributed by atoms with van der Waals surface area (Å²) >= 11 is 1.97. The van der Waals surface area contributed by atoms with E-state index in [1.807, 2.05) is 11.8 Å². The molecule has 1 aromatic rings. The summed E-state index contributed by atoms with van der Waals surface area (Å²) in [4.78, 5) is 10.4. The molecule has 0 atom stereocenters. The molecular weight excluding hydrogens is 184 g/mol. The van der Waals surface area contributed by atoms with E-state index in [4.69, 9.17) is 5.73 Å². The summed E-state index contributed by atoms with van der Waals surface area (Å²) in [5.74, 6) is 3.67. The van der Waals surface area contributed by atoms with Gasteiger partial charge >= 0.3 is 0 Å². The first-order chi connectivity index (χ1) is 6.38. The minimum Gasteiger partial charge on any atom is -0.381 e. The molecule has 0 unspecified atom stereocenters.